The predicted molar refractivity (Wildman–Crippen MR) is 125 cm³/mol. The van der Waals surface area contributed by atoms with E-state index in [1.807, 2.05) is 45.3 Å². The summed E-state index contributed by atoms with van der Waals surface area (Å²) in [6, 6.07) is 13.5. The Morgan fingerprint density at radius 1 is 0.607 bits per heavy atom. The van der Waals surface area contributed by atoms with E-state index in [9.17, 15) is 0 Å². The molecule has 0 aliphatic heterocycles. The van der Waals surface area contributed by atoms with Gasteiger partial charge in [-0.15, -0.1) is 45.3 Å². The molecule has 4 aromatic heterocycles. The molecule has 0 amide bonds. The van der Waals surface area contributed by atoms with Gasteiger partial charge >= 0.3 is 0 Å². The van der Waals surface area contributed by atoms with Crippen LogP contribution < -0.4 is 0 Å². The van der Waals surface area contributed by atoms with Crippen molar-refractivity contribution in [3.8, 4) is 29.3 Å². The fourth-order valence-corrected chi connectivity index (χ4v) is 7.70. The minimum atomic E-state index is 0.663. The second-order valence-electron chi connectivity index (χ2n) is 6.62. The molecule has 2 nitrogen and oxygen atoms in total. The molecule has 28 heavy (non-hydrogen) atoms. The molecule has 146 valence electrons. The van der Waals surface area contributed by atoms with Crippen molar-refractivity contribution in [2.75, 3.05) is 14.2 Å². The lowest BCUT2D eigenvalue weighted by atomic mass is 10.2. The lowest BCUT2D eigenvalue weighted by Gasteiger charge is -2.00. The van der Waals surface area contributed by atoms with Gasteiger partial charge in [-0.05, 0) is 61.4 Å². The summed E-state index contributed by atoms with van der Waals surface area (Å²) in [5, 5.41) is 0. The summed E-state index contributed by atoms with van der Waals surface area (Å²) in [6.45, 7) is 5.65. The van der Waals surface area contributed by atoms with Gasteiger partial charge in [-0.2, -0.15) is 0 Å². The molecule has 6 heteroatoms. The largest absolute Gasteiger partial charge is 0.380 e. The minimum absolute atomic E-state index is 0.663. The van der Waals surface area contributed by atoms with Crippen LogP contribution in [0.25, 0.3) is 29.3 Å². The summed E-state index contributed by atoms with van der Waals surface area (Å²) < 4.78 is 10.8. The highest BCUT2D eigenvalue weighted by Crippen LogP contribution is 2.45. The van der Waals surface area contributed by atoms with Crippen LogP contribution in [0.2, 0.25) is 0 Å². The van der Waals surface area contributed by atoms with Crippen LogP contribution in [0.1, 0.15) is 20.9 Å². The molecule has 0 aromatic carbocycles. The molecular formula is C22H22O2S4. The summed E-state index contributed by atoms with van der Waals surface area (Å²) in [4.78, 5) is 10.6. The van der Waals surface area contributed by atoms with Crippen LogP contribution >= 0.6 is 45.3 Å². The SMILES string of the molecule is COCc1cc(C)sc1-c1ccc(-c2ccc(-c3sc(C)cc3COC)s2)s1. The minimum Gasteiger partial charge on any atom is -0.380 e. The van der Waals surface area contributed by atoms with Gasteiger partial charge in [0.15, 0.2) is 0 Å². The maximum atomic E-state index is 5.38. The molecule has 0 radical (unpaired) electrons. The zero-order valence-electron chi connectivity index (χ0n) is 16.3. The molecule has 0 bridgehead atoms. The van der Waals surface area contributed by atoms with Crippen molar-refractivity contribution in [3.05, 3.63) is 57.3 Å². The van der Waals surface area contributed by atoms with E-state index in [-0.39, 0.29) is 0 Å². The molecule has 0 saturated heterocycles. The van der Waals surface area contributed by atoms with Gasteiger partial charge in [-0.1, -0.05) is 0 Å². The first-order valence-electron chi connectivity index (χ1n) is 8.96. The first kappa shape index (κ1) is 20.0. The molecule has 0 N–H and O–H groups in total. The third-order valence-corrected chi connectivity index (χ3v) is 9.28. The Hall–Kier alpha value is -1.28. The van der Waals surface area contributed by atoms with Crippen LogP contribution in [0.4, 0.5) is 0 Å². The Kier molecular flexibility index (Phi) is 6.16. The maximum Gasteiger partial charge on any atom is 0.0727 e. The lowest BCUT2D eigenvalue weighted by Crippen LogP contribution is -1.85. The van der Waals surface area contributed by atoms with E-state index >= 15 is 0 Å². The van der Waals surface area contributed by atoms with Gasteiger partial charge in [0.1, 0.15) is 0 Å². The number of hydrogen-bond acceptors (Lipinski definition) is 6. The predicted octanol–water partition coefficient (Wildman–Crippen LogP) is 7.84. The summed E-state index contributed by atoms with van der Waals surface area (Å²) in [5.74, 6) is 0. The monoisotopic (exact) mass is 446 g/mol. The molecule has 0 atom stereocenters. The first-order chi connectivity index (χ1) is 13.6. The lowest BCUT2D eigenvalue weighted by molar-refractivity contribution is 0.185. The first-order valence-corrected chi connectivity index (χ1v) is 12.2. The molecule has 0 aliphatic rings. The summed E-state index contributed by atoms with van der Waals surface area (Å²) in [7, 11) is 3.52. The van der Waals surface area contributed by atoms with Gasteiger partial charge in [0.2, 0.25) is 0 Å². The topological polar surface area (TPSA) is 18.5 Å². The molecule has 4 aromatic rings. The Morgan fingerprint density at radius 3 is 1.39 bits per heavy atom. The summed E-state index contributed by atoms with van der Waals surface area (Å²) in [5.41, 5.74) is 2.56. The fraction of sp³-hybridized carbons (Fsp3) is 0.273. The molecule has 4 heterocycles. The molecule has 0 fully saturated rings. The molecule has 4 rings (SSSR count). The van der Waals surface area contributed by atoms with Gasteiger partial charge in [0.25, 0.3) is 0 Å². The molecule has 0 aliphatic carbocycles. The molecule has 0 unspecified atom stereocenters. The van der Waals surface area contributed by atoms with E-state index < -0.39 is 0 Å². The average molecular weight is 447 g/mol. The van der Waals surface area contributed by atoms with Gasteiger partial charge < -0.3 is 9.47 Å². The number of ether oxygens (including phenoxy) is 2. The fourth-order valence-electron chi connectivity index (χ4n) is 3.26. The van der Waals surface area contributed by atoms with E-state index in [0.717, 1.165) is 0 Å². The van der Waals surface area contributed by atoms with Crippen molar-refractivity contribution in [3.63, 3.8) is 0 Å². The van der Waals surface area contributed by atoms with Crippen LogP contribution in [-0.4, -0.2) is 14.2 Å². The van der Waals surface area contributed by atoms with Gasteiger partial charge in [-0.25, -0.2) is 0 Å². The Morgan fingerprint density at radius 2 is 1.00 bits per heavy atom. The summed E-state index contributed by atoms with van der Waals surface area (Å²) in [6.07, 6.45) is 0. The second-order valence-corrected chi connectivity index (χ2v) is 11.3. The van der Waals surface area contributed by atoms with Crippen molar-refractivity contribution in [2.24, 2.45) is 0 Å². The molecule has 0 spiro atoms. The zero-order chi connectivity index (χ0) is 19.7. The van der Waals surface area contributed by atoms with E-state index in [2.05, 4.69) is 50.2 Å². The Labute approximate surface area is 182 Å². The maximum absolute atomic E-state index is 5.38. The third-order valence-electron chi connectivity index (χ3n) is 4.37. The smallest absolute Gasteiger partial charge is 0.0727 e. The highest BCUT2D eigenvalue weighted by atomic mass is 32.1. The number of rotatable bonds is 7. The van der Waals surface area contributed by atoms with Gasteiger partial charge in [0.05, 0.1) is 23.0 Å². The average Bonchev–Trinajstić information content (AvgIpc) is 3.42. The number of aryl methyl sites for hydroxylation is 2. The van der Waals surface area contributed by atoms with Crippen molar-refractivity contribution >= 4 is 45.3 Å². The van der Waals surface area contributed by atoms with Crippen LogP contribution in [0.15, 0.2) is 36.4 Å². The Bertz CT molecular complexity index is 994. The van der Waals surface area contributed by atoms with Crippen molar-refractivity contribution < 1.29 is 9.47 Å². The third kappa shape index (κ3) is 4.03. The van der Waals surface area contributed by atoms with E-state index in [1.54, 1.807) is 14.2 Å². The van der Waals surface area contributed by atoms with Crippen LogP contribution in [0.5, 0.6) is 0 Å². The standard InChI is InChI=1S/C22H22O2S4/c1-13-9-15(11-23-3)21(25-13)19-7-5-17(27-19)18-6-8-20(28-18)22-16(12-24-4)10-14(2)26-22/h5-10H,11-12H2,1-4H3. The van der Waals surface area contributed by atoms with E-state index in [1.165, 1.54) is 50.1 Å². The quantitative estimate of drug-likeness (QED) is 0.288. The second kappa shape index (κ2) is 8.61. The van der Waals surface area contributed by atoms with Crippen molar-refractivity contribution in [1.82, 2.24) is 0 Å². The van der Waals surface area contributed by atoms with Crippen LogP contribution in [0.3, 0.4) is 0 Å². The highest BCUT2D eigenvalue weighted by Gasteiger charge is 2.15. The van der Waals surface area contributed by atoms with Crippen molar-refractivity contribution in [2.45, 2.75) is 27.1 Å². The van der Waals surface area contributed by atoms with Crippen molar-refractivity contribution in [1.29, 1.82) is 0 Å². The Balaban J connectivity index is 1.64. The van der Waals surface area contributed by atoms with Crippen LogP contribution in [-0.2, 0) is 22.7 Å². The normalized spacial score (nSPS) is 11.4. The van der Waals surface area contributed by atoms with E-state index in [0.29, 0.717) is 13.2 Å². The highest BCUT2D eigenvalue weighted by molar-refractivity contribution is 7.28. The van der Waals surface area contributed by atoms with Gasteiger partial charge in [-0.3, -0.25) is 0 Å². The number of hydrogen-bond donors (Lipinski definition) is 0. The number of methoxy groups -OCH3 is 2. The molecule has 0 saturated carbocycles. The molecular weight excluding hydrogens is 425 g/mol. The number of thiophene rings is 4. The van der Waals surface area contributed by atoms with Crippen LogP contribution in [0, 0.1) is 13.8 Å². The zero-order valence-corrected chi connectivity index (χ0v) is 19.6. The summed E-state index contributed by atoms with van der Waals surface area (Å²) >= 11 is 7.43. The van der Waals surface area contributed by atoms with E-state index in [4.69, 9.17) is 9.47 Å². The van der Waals surface area contributed by atoms with Gasteiger partial charge in [0, 0.05) is 43.5 Å².